The Hall–Kier alpha value is -6.30. The average Bonchev–Trinajstić information content (AvgIpc) is 2.22. The van der Waals surface area contributed by atoms with Crippen molar-refractivity contribution < 1.29 is 52.2 Å². The molecule has 87 heavy (non-hydrogen) atoms. The minimum absolute atomic E-state index is 0.0171. The number of hydrogen-bond acceptors (Lipinski definition) is 20. The number of carbonyl (C=O) groups excluding carboxylic acids is 2. The molecule has 0 unspecified atom stereocenters. The highest BCUT2D eigenvalue weighted by molar-refractivity contribution is 6.29. The van der Waals surface area contributed by atoms with Gasteiger partial charge in [-0.1, -0.05) is 64.7 Å². The van der Waals surface area contributed by atoms with Crippen molar-refractivity contribution in [3.05, 3.63) is 123 Å². The van der Waals surface area contributed by atoms with Crippen LogP contribution < -0.4 is 24.0 Å². The summed E-state index contributed by atoms with van der Waals surface area (Å²) in [5, 5.41) is 9.23. The van der Waals surface area contributed by atoms with E-state index in [2.05, 4.69) is 76.2 Å². The molecule has 6 aromatic rings. The van der Waals surface area contributed by atoms with Crippen LogP contribution >= 0.6 is 34.8 Å². The number of rotatable bonds is 15. The SMILES string of the molecule is CN(CC(=O)CC(C)(C)C)c1nc(-c2cc(OC3COC3)ccn2)nc2c1CCC2.CN(CC(=O)CC(C)(C)C)c1nc(Cl)nc2c1CCC2.Cc1cc(OC2COC2)ccn1.Clc1cc(OC2COC2)ccn1.Fc1ccnc(Cl)c1.OC1COC1. The van der Waals surface area contributed by atoms with Gasteiger partial charge in [0, 0.05) is 98.5 Å². The Labute approximate surface area is 524 Å². The minimum Gasteiger partial charge on any atom is -0.485 e. The van der Waals surface area contributed by atoms with Crippen molar-refractivity contribution in [3.8, 4) is 28.8 Å². The maximum atomic E-state index is 12.6. The fraction of sp³-hybridized carbons (Fsp3) is 0.524. The van der Waals surface area contributed by atoms with E-state index in [4.69, 9.17) is 78.3 Å². The Morgan fingerprint density at radius 2 is 1.00 bits per heavy atom. The third-order valence-electron chi connectivity index (χ3n) is 13.4. The molecule has 2 aliphatic carbocycles. The van der Waals surface area contributed by atoms with Crippen LogP contribution in [-0.2, 0) is 54.2 Å². The number of nitrogens with zero attached hydrogens (tertiary/aromatic N) is 10. The van der Waals surface area contributed by atoms with Crippen LogP contribution in [0.25, 0.3) is 11.5 Å². The van der Waals surface area contributed by atoms with Crippen molar-refractivity contribution >= 4 is 58.0 Å². The summed E-state index contributed by atoms with van der Waals surface area (Å²) in [6.45, 7) is 20.2. The van der Waals surface area contributed by atoms with Gasteiger partial charge >= 0.3 is 0 Å². The number of carbonyl (C=O) groups is 2. The molecule has 10 heterocycles. The Balaban J connectivity index is 0.000000163. The number of aromatic nitrogens is 8. The van der Waals surface area contributed by atoms with Crippen molar-refractivity contribution in [3.63, 3.8) is 0 Å². The third-order valence-corrected chi connectivity index (χ3v) is 13.9. The lowest BCUT2D eigenvalue weighted by molar-refractivity contribution is -0.120. The number of pyridine rings is 4. The van der Waals surface area contributed by atoms with Crippen LogP contribution in [-0.4, -0.2) is 161 Å². The Morgan fingerprint density at radius 3 is 1.41 bits per heavy atom. The predicted octanol–water partition coefficient (Wildman–Crippen LogP) is 10.2. The molecular weight excluding hydrogens is 1180 g/mol. The summed E-state index contributed by atoms with van der Waals surface area (Å²) in [6.07, 6.45) is 13.8. The predicted molar refractivity (Wildman–Crippen MR) is 331 cm³/mol. The van der Waals surface area contributed by atoms with Gasteiger partial charge in [0.25, 0.3) is 0 Å². The van der Waals surface area contributed by atoms with E-state index < -0.39 is 0 Å². The summed E-state index contributed by atoms with van der Waals surface area (Å²) in [7, 11) is 3.84. The molecule has 0 radical (unpaired) electrons. The molecule has 12 rings (SSSR count). The second-order valence-corrected chi connectivity index (χ2v) is 25.3. The lowest BCUT2D eigenvalue weighted by Gasteiger charge is -2.26. The van der Waals surface area contributed by atoms with Crippen LogP contribution in [0.2, 0.25) is 15.6 Å². The smallest absolute Gasteiger partial charge is 0.224 e. The Morgan fingerprint density at radius 1 is 0.575 bits per heavy atom. The van der Waals surface area contributed by atoms with Crippen LogP contribution in [0.4, 0.5) is 16.0 Å². The van der Waals surface area contributed by atoms with Gasteiger partial charge in [-0.15, -0.1) is 0 Å². The number of anilines is 2. The standard InChI is InChI=1S/C23H30N4O3.C15H22ClN3O.C9H11NO2.C8H8ClNO2.C5H3ClFN.C3H6O2/c1-23(2,3)11-15(28)12-27(4)22-18-6-5-7-19(18)25-21(26-22)20-10-16(8-9-24-20)30-17-13-29-14-17;1-15(2,3)8-10(20)9-19(4)13-11-6-5-7-12(11)17-14(16)18-13;1-7-4-8(2-3-10-7)12-9-5-11-6-9;9-8-3-6(1-2-10-8)12-7-4-11-5-7;6-5-3-4(7)1-2-8-5;4-3-1-5-2-3/h8-10,17H,5-7,11-14H2,1-4H3;5-9H2,1-4H3;2-4,9H,5-6H2,1H3;1-3,7H,4-5H2;1-3H;3-4H,1-2H2. The first-order valence-corrected chi connectivity index (χ1v) is 30.2. The zero-order chi connectivity index (χ0) is 62.7. The lowest BCUT2D eigenvalue weighted by atomic mass is 9.90. The van der Waals surface area contributed by atoms with Crippen molar-refractivity contribution in [1.82, 2.24) is 39.9 Å². The number of aryl methyl sites for hydroxylation is 3. The summed E-state index contributed by atoms with van der Waals surface area (Å²) in [6, 6.07) is 13.4. The minimum atomic E-state index is -0.356. The summed E-state index contributed by atoms with van der Waals surface area (Å²) >= 11 is 16.9. The Kier molecular flexibility index (Phi) is 25.7. The van der Waals surface area contributed by atoms with Crippen molar-refractivity contribution in [2.45, 2.75) is 124 Å². The molecule has 4 saturated heterocycles. The largest absolute Gasteiger partial charge is 0.485 e. The fourth-order valence-electron chi connectivity index (χ4n) is 9.20. The summed E-state index contributed by atoms with van der Waals surface area (Å²) < 4.78 is 48.7. The monoisotopic (exact) mass is 1260 g/mol. The van der Waals surface area contributed by atoms with Crippen molar-refractivity contribution in [2.75, 3.05) is 89.8 Å². The zero-order valence-electron chi connectivity index (χ0n) is 51.1. The molecule has 0 amide bonds. The maximum absolute atomic E-state index is 12.6. The van der Waals surface area contributed by atoms with E-state index in [9.17, 15) is 14.0 Å². The van der Waals surface area contributed by atoms with E-state index in [1.54, 1.807) is 30.7 Å². The topological polar surface area (TPSA) is 229 Å². The second-order valence-electron chi connectivity index (χ2n) is 24.2. The molecule has 470 valence electrons. The summed E-state index contributed by atoms with van der Waals surface area (Å²) in [5.74, 6) is 4.71. The molecule has 0 bridgehead atoms. The third kappa shape index (κ3) is 23.3. The second kappa shape index (κ2) is 32.8. The first-order chi connectivity index (χ1) is 41.4. The number of aliphatic hydroxyl groups is 1. The summed E-state index contributed by atoms with van der Waals surface area (Å²) in [4.78, 5) is 62.7. The molecule has 20 nitrogen and oxygen atoms in total. The first-order valence-electron chi connectivity index (χ1n) is 29.1. The van der Waals surface area contributed by atoms with Crippen LogP contribution in [0.3, 0.4) is 0 Å². The van der Waals surface area contributed by atoms with Gasteiger partial charge in [0.05, 0.1) is 71.6 Å². The molecule has 4 fully saturated rings. The van der Waals surface area contributed by atoms with Crippen molar-refractivity contribution in [2.24, 2.45) is 10.8 Å². The highest BCUT2D eigenvalue weighted by Gasteiger charge is 2.28. The molecule has 0 saturated carbocycles. The number of Topliss-reactive ketones (excluding diaryl/α,β-unsaturated/α-hetero) is 2. The molecule has 6 aliphatic rings. The van der Waals surface area contributed by atoms with Crippen LogP contribution in [0.15, 0.2) is 73.3 Å². The number of halogens is 4. The van der Waals surface area contributed by atoms with E-state index in [1.165, 1.54) is 12.3 Å². The fourth-order valence-corrected chi connectivity index (χ4v) is 9.71. The molecule has 0 spiro atoms. The number of hydrogen-bond donors (Lipinski definition) is 1. The molecule has 4 aliphatic heterocycles. The van der Waals surface area contributed by atoms with E-state index in [0.717, 1.165) is 102 Å². The van der Waals surface area contributed by atoms with Gasteiger partial charge in [0.1, 0.15) is 75.1 Å². The van der Waals surface area contributed by atoms with Gasteiger partial charge in [0.2, 0.25) is 5.28 Å². The lowest BCUT2D eigenvalue weighted by Crippen LogP contribution is -2.38. The van der Waals surface area contributed by atoms with E-state index in [1.807, 2.05) is 55.1 Å². The van der Waals surface area contributed by atoms with Gasteiger partial charge in [0.15, 0.2) is 17.4 Å². The number of ether oxygens (including phenoxy) is 7. The highest BCUT2D eigenvalue weighted by Crippen LogP contribution is 2.33. The van der Waals surface area contributed by atoms with Gasteiger partial charge in [-0.25, -0.2) is 34.3 Å². The number of aliphatic hydroxyl groups excluding tert-OH is 1. The number of likely N-dealkylation sites (N-methyl/N-ethyl adjacent to an activating group) is 2. The average molecular weight is 1260 g/mol. The van der Waals surface area contributed by atoms with Gasteiger partial charge in [-0.2, -0.15) is 0 Å². The van der Waals surface area contributed by atoms with Crippen LogP contribution in [0.1, 0.15) is 95.4 Å². The number of fused-ring (bicyclic) bond motifs is 2. The van der Waals surface area contributed by atoms with Crippen LogP contribution in [0, 0.1) is 23.6 Å². The van der Waals surface area contributed by atoms with Gasteiger partial charge < -0.3 is 48.1 Å². The Bertz CT molecular complexity index is 3120. The van der Waals surface area contributed by atoms with Gasteiger partial charge in [-0.05, 0) is 92.1 Å². The van der Waals surface area contributed by atoms with E-state index in [0.29, 0.717) is 95.5 Å². The molecular formula is C63H80Cl3FN10O10. The first kappa shape index (κ1) is 68.2. The quantitative estimate of drug-likeness (QED) is 0.0744. The van der Waals surface area contributed by atoms with Crippen LogP contribution in [0.5, 0.6) is 17.2 Å². The number of ketones is 2. The molecule has 1 N–H and O–H groups in total. The van der Waals surface area contributed by atoms with E-state index >= 15 is 0 Å². The molecule has 24 heteroatoms. The molecule has 6 aromatic heterocycles. The zero-order valence-corrected chi connectivity index (χ0v) is 53.3. The molecule has 0 aromatic carbocycles. The summed E-state index contributed by atoms with van der Waals surface area (Å²) in [5.41, 5.74) is 6.06. The van der Waals surface area contributed by atoms with Crippen molar-refractivity contribution in [1.29, 1.82) is 0 Å². The van der Waals surface area contributed by atoms with E-state index in [-0.39, 0.29) is 63.1 Å². The normalized spacial score (nSPS) is 15.9. The maximum Gasteiger partial charge on any atom is 0.224 e. The van der Waals surface area contributed by atoms with Gasteiger partial charge in [-0.3, -0.25) is 19.6 Å². The highest BCUT2D eigenvalue weighted by atomic mass is 35.5. The molecule has 0 atom stereocenters.